The number of amides is 2. The molecule has 2 amide bonds. The summed E-state index contributed by atoms with van der Waals surface area (Å²) in [5, 5.41) is 12.3. The fourth-order valence-electron chi connectivity index (χ4n) is 5.50. The zero-order valence-corrected chi connectivity index (χ0v) is 20.5. The number of rotatable bonds is 9. The Morgan fingerprint density at radius 2 is 1.63 bits per heavy atom. The molecule has 1 unspecified atom stereocenters. The van der Waals surface area contributed by atoms with E-state index < -0.39 is 17.6 Å². The SMILES string of the molecule is CCC(C)N(CC(=O)O)C(=O)CC1(NC(=O)OCC2c3ccccc3-c3ccccc32)CCCC1. The average molecular weight is 479 g/mol. The van der Waals surface area contributed by atoms with Gasteiger partial charge in [0.25, 0.3) is 0 Å². The maximum atomic E-state index is 13.1. The number of aliphatic carboxylic acids is 1. The van der Waals surface area contributed by atoms with Gasteiger partial charge in [0, 0.05) is 12.0 Å². The predicted octanol–water partition coefficient (Wildman–Crippen LogP) is 4.94. The van der Waals surface area contributed by atoms with E-state index in [1.54, 1.807) is 0 Å². The van der Waals surface area contributed by atoms with Gasteiger partial charge in [0.1, 0.15) is 13.2 Å². The van der Waals surface area contributed by atoms with Crippen LogP contribution in [0.15, 0.2) is 48.5 Å². The quantitative estimate of drug-likeness (QED) is 0.532. The van der Waals surface area contributed by atoms with Gasteiger partial charge in [-0.15, -0.1) is 0 Å². The number of benzene rings is 2. The summed E-state index contributed by atoms with van der Waals surface area (Å²) in [6.45, 7) is 3.64. The van der Waals surface area contributed by atoms with Crippen molar-refractivity contribution in [1.29, 1.82) is 0 Å². The minimum absolute atomic E-state index is 0.0363. The van der Waals surface area contributed by atoms with Gasteiger partial charge < -0.3 is 20.1 Å². The topological polar surface area (TPSA) is 95.9 Å². The molecule has 2 aromatic carbocycles. The summed E-state index contributed by atoms with van der Waals surface area (Å²) in [5.41, 5.74) is 3.91. The predicted molar refractivity (Wildman–Crippen MR) is 133 cm³/mol. The van der Waals surface area contributed by atoms with E-state index in [9.17, 15) is 19.5 Å². The third-order valence-corrected chi connectivity index (χ3v) is 7.51. The summed E-state index contributed by atoms with van der Waals surface area (Å²) in [6, 6.07) is 16.2. The molecule has 4 rings (SSSR count). The first kappa shape index (κ1) is 24.8. The van der Waals surface area contributed by atoms with Crippen LogP contribution < -0.4 is 5.32 Å². The van der Waals surface area contributed by atoms with Crippen LogP contribution in [0.5, 0.6) is 0 Å². The highest BCUT2D eigenvalue weighted by Gasteiger charge is 2.40. The molecule has 0 saturated heterocycles. The van der Waals surface area contributed by atoms with Gasteiger partial charge in [-0.1, -0.05) is 68.3 Å². The Labute approximate surface area is 206 Å². The van der Waals surface area contributed by atoms with Crippen LogP contribution in [0.25, 0.3) is 11.1 Å². The van der Waals surface area contributed by atoms with Crippen molar-refractivity contribution < 1.29 is 24.2 Å². The highest BCUT2D eigenvalue weighted by atomic mass is 16.5. The molecule has 2 N–H and O–H groups in total. The summed E-state index contributed by atoms with van der Waals surface area (Å²) in [5.74, 6) is -1.32. The van der Waals surface area contributed by atoms with Crippen molar-refractivity contribution in [2.45, 2.75) is 69.9 Å². The van der Waals surface area contributed by atoms with Gasteiger partial charge in [-0.05, 0) is 48.4 Å². The van der Waals surface area contributed by atoms with E-state index in [1.807, 2.05) is 38.1 Å². The normalized spacial score (nSPS) is 16.7. The Balaban J connectivity index is 1.43. The molecular formula is C28H34N2O5. The number of nitrogens with zero attached hydrogens (tertiary/aromatic N) is 1. The average Bonchev–Trinajstić information content (AvgIpc) is 3.43. The lowest BCUT2D eigenvalue weighted by Crippen LogP contribution is -2.52. The number of alkyl carbamates (subject to hydrolysis) is 1. The first-order valence-electron chi connectivity index (χ1n) is 12.5. The van der Waals surface area contributed by atoms with Crippen molar-refractivity contribution in [3.63, 3.8) is 0 Å². The van der Waals surface area contributed by atoms with Crippen molar-refractivity contribution in [3.8, 4) is 11.1 Å². The maximum absolute atomic E-state index is 13.1. The van der Waals surface area contributed by atoms with Crippen LogP contribution in [0.2, 0.25) is 0 Å². The summed E-state index contributed by atoms with van der Waals surface area (Å²) in [7, 11) is 0. The molecule has 2 aromatic rings. The first-order valence-corrected chi connectivity index (χ1v) is 12.5. The highest BCUT2D eigenvalue weighted by molar-refractivity contribution is 5.83. The number of carboxylic acid groups (broad SMARTS) is 1. The molecule has 1 fully saturated rings. The number of ether oxygens (including phenoxy) is 1. The fraction of sp³-hybridized carbons (Fsp3) is 0.464. The Hall–Kier alpha value is -3.35. The lowest BCUT2D eigenvalue weighted by atomic mass is 9.92. The second kappa shape index (κ2) is 10.5. The van der Waals surface area contributed by atoms with Crippen molar-refractivity contribution in [1.82, 2.24) is 10.2 Å². The number of carbonyl (C=O) groups excluding carboxylic acids is 2. The molecule has 0 spiro atoms. The number of carboxylic acids is 1. The third-order valence-electron chi connectivity index (χ3n) is 7.51. The zero-order valence-electron chi connectivity index (χ0n) is 20.5. The minimum atomic E-state index is -1.04. The molecule has 2 aliphatic rings. The second-order valence-corrected chi connectivity index (χ2v) is 9.79. The van der Waals surface area contributed by atoms with Gasteiger partial charge in [-0.2, -0.15) is 0 Å². The van der Waals surface area contributed by atoms with Gasteiger partial charge >= 0.3 is 12.1 Å². The lowest BCUT2D eigenvalue weighted by Gasteiger charge is -2.34. The molecule has 0 aromatic heterocycles. The smallest absolute Gasteiger partial charge is 0.407 e. The van der Waals surface area contributed by atoms with E-state index in [4.69, 9.17) is 4.74 Å². The van der Waals surface area contributed by atoms with E-state index in [2.05, 4.69) is 29.6 Å². The van der Waals surface area contributed by atoms with Gasteiger partial charge in [0.15, 0.2) is 0 Å². The van der Waals surface area contributed by atoms with Crippen LogP contribution >= 0.6 is 0 Å². The van der Waals surface area contributed by atoms with E-state index in [0.717, 1.165) is 24.0 Å². The molecule has 0 radical (unpaired) electrons. The minimum Gasteiger partial charge on any atom is -0.480 e. The van der Waals surface area contributed by atoms with Crippen molar-refractivity contribution in [2.75, 3.05) is 13.2 Å². The number of fused-ring (bicyclic) bond motifs is 3. The summed E-state index contributed by atoms with van der Waals surface area (Å²) in [6.07, 6.45) is 3.35. The molecule has 35 heavy (non-hydrogen) atoms. The number of carbonyl (C=O) groups is 3. The van der Waals surface area contributed by atoms with Gasteiger partial charge in [-0.3, -0.25) is 9.59 Å². The van der Waals surface area contributed by atoms with Crippen LogP contribution in [0.1, 0.15) is 69.4 Å². The Morgan fingerprint density at radius 1 is 1.06 bits per heavy atom. The molecule has 1 atom stereocenters. The molecule has 0 bridgehead atoms. The second-order valence-electron chi connectivity index (χ2n) is 9.79. The summed E-state index contributed by atoms with van der Waals surface area (Å²) >= 11 is 0. The van der Waals surface area contributed by atoms with Crippen LogP contribution in [0, 0.1) is 0 Å². The summed E-state index contributed by atoms with van der Waals surface area (Å²) < 4.78 is 5.73. The molecule has 186 valence electrons. The summed E-state index contributed by atoms with van der Waals surface area (Å²) in [4.78, 5) is 38.8. The maximum Gasteiger partial charge on any atom is 0.407 e. The Morgan fingerprint density at radius 3 is 2.17 bits per heavy atom. The fourth-order valence-corrected chi connectivity index (χ4v) is 5.50. The molecule has 7 nitrogen and oxygen atoms in total. The van der Waals surface area contributed by atoms with Crippen LogP contribution in [0.4, 0.5) is 4.79 Å². The van der Waals surface area contributed by atoms with E-state index in [0.29, 0.717) is 19.3 Å². The molecular weight excluding hydrogens is 444 g/mol. The van der Waals surface area contributed by atoms with Crippen molar-refractivity contribution in [3.05, 3.63) is 59.7 Å². The molecule has 7 heteroatoms. The van der Waals surface area contributed by atoms with E-state index >= 15 is 0 Å². The number of nitrogens with one attached hydrogen (secondary N) is 1. The van der Waals surface area contributed by atoms with Crippen molar-refractivity contribution in [2.24, 2.45) is 0 Å². The van der Waals surface area contributed by atoms with Crippen LogP contribution in [-0.4, -0.2) is 52.7 Å². The first-order chi connectivity index (χ1) is 16.8. The standard InChI is InChI=1S/C28H34N2O5/c1-3-19(2)30(17-26(32)33)25(31)16-28(14-8-9-15-28)29-27(34)35-18-24-22-12-6-4-10-20(22)21-11-5-7-13-23(21)24/h4-7,10-13,19,24H,3,8-9,14-18H2,1-2H3,(H,29,34)(H,32,33). The van der Waals surface area contributed by atoms with Gasteiger partial charge in [0.2, 0.25) is 5.91 Å². The van der Waals surface area contributed by atoms with Crippen molar-refractivity contribution >= 4 is 18.0 Å². The van der Waals surface area contributed by atoms with Gasteiger partial charge in [-0.25, -0.2) is 4.79 Å². The zero-order chi connectivity index (χ0) is 25.0. The van der Waals surface area contributed by atoms with Crippen LogP contribution in [0.3, 0.4) is 0 Å². The number of hydrogen-bond donors (Lipinski definition) is 2. The molecule has 1 saturated carbocycles. The largest absolute Gasteiger partial charge is 0.480 e. The van der Waals surface area contributed by atoms with Gasteiger partial charge in [0.05, 0.1) is 12.0 Å². The Bertz CT molecular complexity index is 1050. The Kier molecular flexibility index (Phi) is 7.43. The van der Waals surface area contributed by atoms with Crippen LogP contribution in [-0.2, 0) is 14.3 Å². The van der Waals surface area contributed by atoms with E-state index in [1.165, 1.54) is 16.0 Å². The highest BCUT2D eigenvalue weighted by Crippen LogP contribution is 2.44. The third kappa shape index (κ3) is 5.34. The lowest BCUT2D eigenvalue weighted by molar-refractivity contribution is -0.146. The molecule has 2 aliphatic carbocycles. The number of hydrogen-bond acceptors (Lipinski definition) is 4. The van der Waals surface area contributed by atoms with E-state index in [-0.39, 0.29) is 37.4 Å². The molecule has 0 heterocycles. The monoisotopic (exact) mass is 478 g/mol. The molecule has 0 aliphatic heterocycles.